The van der Waals surface area contributed by atoms with Crippen molar-refractivity contribution in [3.8, 4) is 0 Å². The number of aliphatic hydroxyl groups is 2. The number of likely N-dealkylation sites (tertiary alicyclic amines) is 1. The van der Waals surface area contributed by atoms with E-state index in [9.17, 15) is 15.0 Å². The van der Waals surface area contributed by atoms with Gasteiger partial charge in [0.05, 0.1) is 6.10 Å². The van der Waals surface area contributed by atoms with Gasteiger partial charge < -0.3 is 15.1 Å². The van der Waals surface area contributed by atoms with Crippen molar-refractivity contribution in [3.05, 3.63) is 66.2 Å². The number of hydrogen-bond acceptors (Lipinski definition) is 5. The number of rotatable bonds is 3. The highest BCUT2D eigenvalue weighted by Gasteiger charge is 2.71. The molecule has 3 heterocycles. The van der Waals surface area contributed by atoms with Crippen molar-refractivity contribution in [2.75, 3.05) is 19.7 Å². The number of benzene rings is 1. The van der Waals surface area contributed by atoms with E-state index < -0.39 is 11.5 Å². The average molecular weight is 364 g/mol. The van der Waals surface area contributed by atoms with Crippen LogP contribution >= 0.6 is 0 Å². The summed E-state index contributed by atoms with van der Waals surface area (Å²) in [5, 5.41) is 20.7. The molecule has 1 amide bonds. The fraction of sp³-hybridized carbons (Fsp3) is 0.350. The zero-order valence-electron chi connectivity index (χ0n) is 14.6. The van der Waals surface area contributed by atoms with Crippen molar-refractivity contribution >= 4 is 11.7 Å². The summed E-state index contributed by atoms with van der Waals surface area (Å²) in [4.78, 5) is 23.1. The topological polar surface area (TPSA) is 91.0 Å². The second kappa shape index (κ2) is 5.87. The van der Waals surface area contributed by atoms with Gasteiger partial charge in [0, 0.05) is 43.7 Å². The molecule has 4 atom stereocenters. The van der Waals surface area contributed by atoms with E-state index in [1.165, 1.54) is 0 Å². The van der Waals surface area contributed by atoms with Crippen LogP contribution in [0.4, 0.5) is 0 Å². The van der Waals surface area contributed by atoms with Crippen molar-refractivity contribution in [1.82, 2.24) is 19.3 Å². The minimum atomic E-state index is -0.668. The molecular weight excluding hydrogens is 344 g/mol. The van der Waals surface area contributed by atoms with Gasteiger partial charge in [-0.3, -0.25) is 9.20 Å². The molecule has 0 unspecified atom stereocenters. The molecule has 2 N–H and O–H groups in total. The Morgan fingerprint density at radius 1 is 1.26 bits per heavy atom. The summed E-state index contributed by atoms with van der Waals surface area (Å²) in [7, 11) is 0. The summed E-state index contributed by atoms with van der Waals surface area (Å²) in [6.07, 6.45) is 4.42. The van der Waals surface area contributed by atoms with E-state index in [4.69, 9.17) is 0 Å². The van der Waals surface area contributed by atoms with Crippen LogP contribution < -0.4 is 0 Å². The second-order valence-corrected chi connectivity index (χ2v) is 7.44. The first-order chi connectivity index (χ1) is 13.1. The fourth-order valence-electron chi connectivity index (χ4n) is 4.82. The molecule has 1 saturated heterocycles. The lowest BCUT2D eigenvalue weighted by atomic mass is 9.95. The lowest BCUT2D eigenvalue weighted by molar-refractivity contribution is 0.0759. The van der Waals surface area contributed by atoms with Crippen molar-refractivity contribution in [2.24, 2.45) is 11.3 Å². The van der Waals surface area contributed by atoms with Crippen LogP contribution in [-0.2, 0) is 0 Å². The van der Waals surface area contributed by atoms with E-state index in [0.29, 0.717) is 18.0 Å². The molecule has 7 heteroatoms. The SMILES string of the molecule is O=C(c1cn2cccnc2n1)N1C[C@H](O)[C@@]2(C1)[C@H](CO)[C@H]2c1ccccc1. The lowest BCUT2D eigenvalue weighted by Gasteiger charge is -2.15. The Bertz CT molecular complexity index is 972. The van der Waals surface area contributed by atoms with Crippen LogP contribution in [-0.4, -0.2) is 61.2 Å². The molecule has 27 heavy (non-hydrogen) atoms. The molecule has 0 bridgehead atoms. The highest BCUT2D eigenvalue weighted by Crippen LogP contribution is 2.68. The molecule has 7 nitrogen and oxygen atoms in total. The van der Waals surface area contributed by atoms with Gasteiger partial charge in [-0.2, -0.15) is 0 Å². The number of nitrogens with zero attached hydrogens (tertiary/aromatic N) is 4. The molecule has 2 aromatic heterocycles. The van der Waals surface area contributed by atoms with E-state index in [0.717, 1.165) is 5.56 Å². The highest BCUT2D eigenvalue weighted by atomic mass is 16.3. The van der Waals surface area contributed by atoms with E-state index in [1.54, 1.807) is 34.0 Å². The average Bonchev–Trinajstić information content (AvgIpc) is 2.97. The molecule has 138 valence electrons. The largest absolute Gasteiger partial charge is 0.396 e. The molecule has 0 radical (unpaired) electrons. The Labute approximate surface area is 155 Å². The predicted octanol–water partition coefficient (Wildman–Crippen LogP) is 0.938. The summed E-state index contributed by atoms with van der Waals surface area (Å²) < 4.78 is 1.70. The number of fused-ring (bicyclic) bond motifs is 1. The monoisotopic (exact) mass is 364 g/mol. The maximum absolute atomic E-state index is 13.0. The Balaban J connectivity index is 1.43. The smallest absolute Gasteiger partial charge is 0.274 e. The Hall–Kier alpha value is -2.77. The number of β-amino-alcohol motifs (C(OH)–C–C–N with tert-alkyl or cyclic N) is 1. The Kier molecular flexibility index (Phi) is 3.57. The first-order valence-electron chi connectivity index (χ1n) is 9.08. The molecule has 2 aliphatic rings. The van der Waals surface area contributed by atoms with E-state index in [-0.39, 0.29) is 30.9 Å². The third-order valence-corrected chi connectivity index (χ3v) is 6.14. The third kappa shape index (κ3) is 2.32. The summed E-state index contributed by atoms with van der Waals surface area (Å²) in [6.45, 7) is 0.663. The number of imidazole rings is 1. The number of carbonyl (C=O) groups excluding carboxylic acids is 1. The number of aliphatic hydroxyl groups excluding tert-OH is 2. The summed E-state index contributed by atoms with van der Waals surface area (Å²) >= 11 is 0. The third-order valence-electron chi connectivity index (χ3n) is 6.14. The molecule has 1 aliphatic carbocycles. The Morgan fingerprint density at radius 2 is 2.07 bits per heavy atom. The number of amides is 1. The molecular formula is C20H20N4O3. The molecule has 3 aromatic rings. The van der Waals surface area contributed by atoms with Gasteiger partial charge in [0.2, 0.25) is 5.78 Å². The van der Waals surface area contributed by atoms with Crippen LogP contribution in [0.25, 0.3) is 5.78 Å². The van der Waals surface area contributed by atoms with Gasteiger partial charge in [-0.05, 0) is 23.5 Å². The predicted molar refractivity (Wildman–Crippen MR) is 97.1 cm³/mol. The number of hydrogen-bond donors (Lipinski definition) is 2. The van der Waals surface area contributed by atoms with Crippen LogP contribution in [0, 0.1) is 11.3 Å². The minimum absolute atomic E-state index is 0.00304. The van der Waals surface area contributed by atoms with Gasteiger partial charge in [0.25, 0.3) is 5.91 Å². The highest BCUT2D eigenvalue weighted by molar-refractivity contribution is 5.93. The van der Waals surface area contributed by atoms with Crippen molar-refractivity contribution in [3.63, 3.8) is 0 Å². The van der Waals surface area contributed by atoms with E-state index in [2.05, 4.69) is 9.97 Å². The second-order valence-electron chi connectivity index (χ2n) is 7.44. The van der Waals surface area contributed by atoms with Gasteiger partial charge in [-0.15, -0.1) is 0 Å². The fourth-order valence-corrected chi connectivity index (χ4v) is 4.82. The van der Waals surface area contributed by atoms with Crippen molar-refractivity contribution in [2.45, 2.75) is 12.0 Å². The van der Waals surface area contributed by atoms with Gasteiger partial charge in [0.15, 0.2) is 0 Å². The molecule has 1 spiro atoms. The van der Waals surface area contributed by atoms with Crippen LogP contribution in [0.1, 0.15) is 22.0 Å². The Morgan fingerprint density at radius 3 is 2.81 bits per heavy atom. The minimum Gasteiger partial charge on any atom is -0.396 e. The van der Waals surface area contributed by atoms with Gasteiger partial charge >= 0.3 is 0 Å². The maximum Gasteiger partial charge on any atom is 0.274 e. The van der Waals surface area contributed by atoms with Gasteiger partial charge in [-0.25, -0.2) is 9.97 Å². The van der Waals surface area contributed by atoms with E-state index in [1.807, 2.05) is 30.3 Å². The first-order valence-corrected chi connectivity index (χ1v) is 9.08. The molecule has 1 aliphatic heterocycles. The van der Waals surface area contributed by atoms with Crippen molar-refractivity contribution in [1.29, 1.82) is 0 Å². The van der Waals surface area contributed by atoms with Crippen LogP contribution in [0.3, 0.4) is 0 Å². The van der Waals surface area contributed by atoms with Gasteiger partial charge in [0.1, 0.15) is 5.69 Å². The zero-order valence-corrected chi connectivity index (χ0v) is 14.6. The number of carbonyl (C=O) groups is 1. The molecule has 5 rings (SSSR count). The summed E-state index contributed by atoms with van der Waals surface area (Å²) in [5.74, 6) is 0.263. The molecule has 1 aromatic carbocycles. The summed E-state index contributed by atoms with van der Waals surface area (Å²) in [6, 6.07) is 11.7. The maximum atomic E-state index is 13.0. The first kappa shape index (κ1) is 16.4. The normalized spacial score (nSPS) is 29.6. The van der Waals surface area contributed by atoms with E-state index >= 15 is 0 Å². The standard InChI is InChI=1S/C20H20N4O3/c25-11-14-17(13-5-2-1-3-6-13)20(14)12-24(10-16(20)26)18(27)15-9-23-8-4-7-21-19(23)22-15/h1-9,14,16-17,25-26H,10-12H2/t14-,16+,17-,20-/m1/s1. The quantitative estimate of drug-likeness (QED) is 0.722. The van der Waals surface area contributed by atoms with Gasteiger partial charge in [-0.1, -0.05) is 30.3 Å². The zero-order chi connectivity index (χ0) is 18.6. The molecule has 1 saturated carbocycles. The van der Waals surface area contributed by atoms with Crippen LogP contribution in [0.2, 0.25) is 0 Å². The number of aromatic nitrogens is 3. The molecule has 2 fully saturated rings. The van der Waals surface area contributed by atoms with Crippen LogP contribution in [0.5, 0.6) is 0 Å². The van der Waals surface area contributed by atoms with Crippen molar-refractivity contribution < 1.29 is 15.0 Å². The van der Waals surface area contributed by atoms with Crippen LogP contribution in [0.15, 0.2) is 55.0 Å². The lowest BCUT2D eigenvalue weighted by Crippen LogP contribution is -2.30. The summed E-state index contributed by atoms with van der Waals surface area (Å²) in [5.41, 5.74) is 0.931.